The SMILES string of the molecule is CC1(C)CN(Cc2ccccn2)CC(C)(C)N1. The maximum atomic E-state index is 4.41. The van der Waals surface area contributed by atoms with Gasteiger partial charge in [0.1, 0.15) is 0 Å². The van der Waals surface area contributed by atoms with E-state index in [9.17, 15) is 0 Å². The van der Waals surface area contributed by atoms with Crippen molar-refractivity contribution in [3.63, 3.8) is 0 Å². The molecule has 1 saturated heterocycles. The molecule has 0 spiro atoms. The van der Waals surface area contributed by atoms with Gasteiger partial charge in [-0.2, -0.15) is 0 Å². The summed E-state index contributed by atoms with van der Waals surface area (Å²) in [5.74, 6) is 0. The van der Waals surface area contributed by atoms with Crippen LogP contribution in [-0.4, -0.2) is 34.1 Å². The van der Waals surface area contributed by atoms with Crippen molar-refractivity contribution in [1.29, 1.82) is 0 Å². The molecule has 0 saturated carbocycles. The zero-order valence-electron chi connectivity index (χ0n) is 11.3. The number of hydrogen-bond donors (Lipinski definition) is 1. The second-order valence-corrected chi connectivity index (χ2v) is 6.36. The number of pyridine rings is 1. The normalized spacial score (nSPS) is 23.5. The standard InChI is InChI=1S/C14H23N3/c1-13(2)10-17(11-14(3,4)16-13)9-12-7-5-6-8-15-12/h5-8,16H,9-11H2,1-4H3. The first-order chi connectivity index (χ1) is 7.86. The molecule has 1 aliphatic heterocycles. The lowest BCUT2D eigenvalue weighted by Crippen LogP contribution is -2.66. The molecule has 0 aromatic carbocycles. The van der Waals surface area contributed by atoms with E-state index in [-0.39, 0.29) is 11.1 Å². The van der Waals surface area contributed by atoms with Gasteiger partial charge in [-0.3, -0.25) is 9.88 Å². The highest BCUT2D eigenvalue weighted by Crippen LogP contribution is 2.21. The average Bonchev–Trinajstić information content (AvgIpc) is 2.13. The highest BCUT2D eigenvalue weighted by molar-refractivity contribution is 5.05. The molecule has 0 radical (unpaired) electrons. The first-order valence-corrected chi connectivity index (χ1v) is 6.28. The Bertz CT molecular complexity index is 354. The molecule has 0 bridgehead atoms. The summed E-state index contributed by atoms with van der Waals surface area (Å²) in [7, 11) is 0. The lowest BCUT2D eigenvalue weighted by molar-refractivity contribution is 0.0719. The third-order valence-electron chi connectivity index (χ3n) is 3.03. The van der Waals surface area contributed by atoms with Gasteiger partial charge in [-0.25, -0.2) is 0 Å². The number of hydrogen-bond acceptors (Lipinski definition) is 3. The Morgan fingerprint density at radius 1 is 1.18 bits per heavy atom. The minimum absolute atomic E-state index is 0.163. The van der Waals surface area contributed by atoms with Gasteiger partial charge in [-0.1, -0.05) is 6.07 Å². The summed E-state index contributed by atoms with van der Waals surface area (Å²) in [5, 5.41) is 3.69. The van der Waals surface area contributed by atoms with Gasteiger partial charge in [0.25, 0.3) is 0 Å². The minimum Gasteiger partial charge on any atom is -0.304 e. The van der Waals surface area contributed by atoms with Crippen molar-refractivity contribution in [1.82, 2.24) is 15.2 Å². The fourth-order valence-corrected chi connectivity index (χ4v) is 3.00. The molecule has 2 rings (SSSR count). The van der Waals surface area contributed by atoms with E-state index in [4.69, 9.17) is 0 Å². The van der Waals surface area contributed by atoms with Crippen LogP contribution in [0.25, 0.3) is 0 Å². The van der Waals surface area contributed by atoms with Crippen LogP contribution in [0.1, 0.15) is 33.4 Å². The van der Waals surface area contributed by atoms with Crippen molar-refractivity contribution < 1.29 is 0 Å². The highest BCUT2D eigenvalue weighted by atomic mass is 15.3. The van der Waals surface area contributed by atoms with Gasteiger partial charge in [-0.15, -0.1) is 0 Å². The fourth-order valence-electron chi connectivity index (χ4n) is 3.00. The molecule has 3 heteroatoms. The first-order valence-electron chi connectivity index (χ1n) is 6.28. The minimum atomic E-state index is 0.163. The predicted molar refractivity (Wildman–Crippen MR) is 70.8 cm³/mol. The van der Waals surface area contributed by atoms with Crippen LogP contribution in [0.3, 0.4) is 0 Å². The molecule has 0 atom stereocenters. The van der Waals surface area contributed by atoms with Gasteiger partial charge in [0.05, 0.1) is 5.69 Å². The maximum absolute atomic E-state index is 4.41. The number of aromatic nitrogens is 1. The lowest BCUT2D eigenvalue weighted by atomic mass is 9.91. The highest BCUT2D eigenvalue weighted by Gasteiger charge is 2.36. The van der Waals surface area contributed by atoms with Crippen LogP contribution >= 0.6 is 0 Å². The molecule has 1 aromatic heterocycles. The van der Waals surface area contributed by atoms with Gasteiger partial charge >= 0.3 is 0 Å². The van der Waals surface area contributed by atoms with Crippen LogP contribution in [-0.2, 0) is 6.54 Å². The van der Waals surface area contributed by atoms with E-state index in [1.165, 1.54) is 0 Å². The molecule has 2 heterocycles. The van der Waals surface area contributed by atoms with Crippen LogP contribution in [0.2, 0.25) is 0 Å². The van der Waals surface area contributed by atoms with Crippen molar-refractivity contribution in [3.05, 3.63) is 30.1 Å². The summed E-state index contributed by atoms with van der Waals surface area (Å²) in [4.78, 5) is 6.89. The molecule has 0 unspecified atom stereocenters. The molecule has 1 fully saturated rings. The smallest absolute Gasteiger partial charge is 0.0543 e. The average molecular weight is 233 g/mol. The van der Waals surface area contributed by atoms with E-state index in [1.54, 1.807) is 0 Å². The molecule has 1 N–H and O–H groups in total. The van der Waals surface area contributed by atoms with Crippen molar-refractivity contribution >= 4 is 0 Å². The molecule has 0 amide bonds. The number of piperazine rings is 1. The van der Waals surface area contributed by atoms with Crippen LogP contribution in [0.4, 0.5) is 0 Å². The van der Waals surface area contributed by atoms with Crippen molar-refractivity contribution in [3.8, 4) is 0 Å². The van der Waals surface area contributed by atoms with E-state index in [2.05, 4.69) is 55.0 Å². The summed E-state index contributed by atoms with van der Waals surface area (Å²) in [6.45, 7) is 12.1. The van der Waals surface area contributed by atoms with E-state index < -0.39 is 0 Å². The van der Waals surface area contributed by atoms with Crippen LogP contribution in [0, 0.1) is 0 Å². The van der Waals surface area contributed by atoms with Gasteiger partial charge < -0.3 is 5.32 Å². The van der Waals surface area contributed by atoms with Crippen molar-refractivity contribution in [2.24, 2.45) is 0 Å². The van der Waals surface area contributed by atoms with E-state index >= 15 is 0 Å². The Labute approximate surface area is 104 Å². The number of nitrogens with zero attached hydrogens (tertiary/aromatic N) is 2. The summed E-state index contributed by atoms with van der Waals surface area (Å²) >= 11 is 0. The molecule has 94 valence electrons. The van der Waals surface area contributed by atoms with Crippen molar-refractivity contribution in [2.75, 3.05) is 13.1 Å². The van der Waals surface area contributed by atoms with Crippen LogP contribution in [0.5, 0.6) is 0 Å². The van der Waals surface area contributed by atoms with Crippen LogP contribution in [0.15, 0.2) is 24.4 Å². The van der Waals surface area contributed by atoms with Gasteiger partial charge in [0, 0.05) is 36.9 Å². The van der Waals surface area contributed by atoms with E-state index in [0.29, 0.717) is 0 Å². The zero-order chi connectivity index (χ0) is 12.5. The quantitative estimate of drug-likeness (QED) is 0.847. The Hall–Kier alpha value is -0.930. The second-order valence-electron chi connectivity index (χ2n) is 6.36. The second kappa shape index (κ2) is 4.39. The summed E-state index contributed by atoms with van der Waals surface area (Å²) < 4.78 is 0. The van der Waals surface area contributed by atoms with Gasteiger partial charge in [-0.05, 0) is 39.8 Å². The third-order valence-corrected chi connectivity index (χ3v) is 3.03. The summed E-state index contributed by atoms with van der Waals surface area (Å²) in [6.07, 6.45) is 1.87. The molecular weight excluding hydrogens is 210 g/mol. The molecule has 0 aliphatic carbocycles. The van der Waals surface area contributed by atoms with Gasteiger partial charge in [0.2, 0.25) is 0 Å². The summed E-state index contributed by atoms with van der Waals surface area (Å²) in [5.41, 5.74) is 1.48. The molecule has 1 aliphatic rings. The number of rotatable bonds is 2. The Morgan fingerprint density at radius 2 is 1.82 bits per heavy atom. The maximum Gasteiger partial charge on any atom is 0.0543 e. The monoisotopic (exact) mass is 233 g/mol. The van der Waals surface area contributed by atoms with Crippen LogP contribution < -0.4 is 5.32 Å². The van der Waals surface area contributed by atoms with Gasteiger partial charge in [0.15, 0.2) is 0 Å². The molecule has 3 nitrogen and oxygen atoms in total. The number of nitrogens with one attached hydrogen (secondary N) is 1. The third kappa shape index (κ3) is 3.51. The Morgan fingerprint density at radius 3 is 2.35 bits per heavy atom. The fraction of sp³-hybridized carbons (Fsp3) is 0.643. The van der Waals surface area contributed by atoms with E-state index in [0.717, 1.165) is 25.3 Å². The summed E-state index contributed by atoms with van der Waals surface area (Å²) in [6, 6.07) is 6.12. The molecular formula is C14H23N3. The zero-order valence-corrected chi connectivity index (χ0v) is 11.3. The Kier molecular flexibility index (Phi) is 3.23. The molecule has 17 heavy (non-hydrogen) atoms. The Balaban J connectivity index is 2.06. The molecule has 1 aromatic rings. The predicted octanol–water partition coefficient (Wildman–Crippen LogP) is 2.04. The van der Waals surface area contributed by atoms with E-state index in [1.807, 2.05) is 12.3 Å². The van der Waals surface area contributed by atoms with Crippen molar-refractivity contribution in [2.45, 2.75) is 45.3 Å². The first kappa shape index (κ1) is 12.5. The lowest BCUT2D eigenvalue weighted by Gasteiger charge is -2.48. The topological polar surface area (TPSA) is 28.2 Å². The largest absolute Gasteiger partial charge is 0.304 e.